The van der Waals surface area contributed by atoms with E-state index < -0.39 is 5.97 Å². The summed E-state index contributed by atoms with van der Waals surface area (Å²) in [6.07, 6.45) is 2.14. The van der Waals surface area contributed by atoms with Crippen LogP contribution in [0.25, 0.3) is 16.7 Å². The zero-order valence-electron chi connectivity index (χ0n) is 19.6. The largest absolute Gasteiger partial charge is 0.482 e. The molecule has 0 saturated heterocycles. The van der Waals surface area contributed by atoms with Crippen molar-refractivity contribution in [2.75, 3.05) is 12.4 Å². The van der Waals surface area contributed by atoms with E-state index in [1.54, 1.807) is 30.0 Å². The van der Waals surface area contributed by atoms with Gasteiger partial charge in [-0.05, 0) is 82.8 Å². The number of carboxylic acid groups (broad SMARTS) is 1. The number of ether oxygens (including phenoxy) is 1. The van der Waals surface area contributed by atoms with Crippen LogP contribution in [0.3, 0.4) is 0 Å². The summed E-state index contributed by atoms with van der Waals surface area (Å²) in [5, 5.41) is 9.51. The highest BCUT2D eigenvalue weighted by atomic mass is 35.5. The molecule has 36 heavy (non-hydrogen) atoms. The van der Waals surface area contributed by atoms with E-state index in [2.05, 4.69) is 30.3 Å². The molecule has 182 valence electrons. The van der Waals surface area contributed by atoms with Crippen molar-refractivity contribution in [3.8, 4) is 16.9 Å². The lowest BCUT2D eigenvalue weighted by Gasteiger charge is -2.11. The third kappa shape index (κ3) is 6.78. The second kappa shape index (κ2) is 11.9. The van der Waals surface area contributed by atoms with Gasteiger partial charge in [-0.15, -0.1) is 11.8 Å². The van der Waals surface area contributed by atoms with E-state index in [0.29, 0.717) is 16.5 Å². The van der Waals surface area contributed by atoms with Crippen LogP contribution in [0.15, 0.2) is 102 Å². The standard InChI is InChI=1S/C30H24ClFO3S/c1-20-17-27(13-14-29(20)35-19-30(33)34)36-16-15-28(23-9-11-26(32)12-10-23)22-7-5-21(6-8-22)24-3-2-4-25(31)18-24/h2-15,17-18H,16,19H2,1H3,(H,33,34). The van der Waals surface area contributed by atoms with E-state index in [9.17, 15) is 9.18 Å². The fourth-order valence-corrected chi connectivity index (χ4v) is 4.83. The minimum atomic E-state index is -1.01. The van der Waals surface area contributed by atoms with Crippen LogP contribution in [-0.2, 0) is 4.79 Å². The van der Waals surface area contributed by atoms with Gasteiger partial charge in [-0.3, -0.25) is 0 Å². The second-order valence-corrected chi connectivity index (χ2v) is 9.66. The van der Waals surface area contributed by atoms with Gasteiger partial charge < -0.3 is 9.84 Å². The number of aryl methyl sites for hydroxylation is 1. The molecule has 4 aromatic carbocycles. The lowest BCUT2D eigenvalue weighted by atomic mass is 9.95. The van der Waals surface area contributed by atoms with Gasteiger partial charge in [0.05, 0.1) is 0 Å². The third-order valence-corrected chi connectivity index (χ3v) is 6.70. The molecule has 6 heteroatoms. The van der Waals surface area contributed by atoms with Crippen LogP contribution in [0.1, 0.15) is 16.7 Å². The first-order valence-electron chi connectivity index (χ1n) is 11.3. The van der Waals surface area contributed by atoms with Crippen molar-refractivity contribution >= 4 is 34.9 Å². The van der Waals surface area contributed by atoms with Gasteiger partial charge in [-0.2, -0.15) is 0 Å². The summed E-state index contributed by atoms with van der Waals surface area (Å²) in [6, 6.07) is 28.2. The highest BCUT2D eigenvalue weighted by molar-refractivity contribution is 7.99. The fraction of sp³-hybridized carbons (Fsp3) is 0.100. The first-order chi connectivity index (χ1) is 17.4. The number of hydrogen-bond donors (Lipinski definition) is 1. The third-order valence-electron chi connectivity index (χ3n) is 5.54. The van der Waals surface area contributed by atoms with Crippen molar-refractivity contribution in [3.63, 3.8) is 0 Å². The van der Waals surface area contributed by atoms with E-state index in [1.165, 1.54) is 12.1 Å². The average molecular weight is 519 g/mol. The van der Waals surface area contributed by atoms with Gasteiger partial charge in [0, 0.05) is 15.7 Å². The van der Waals surface area contributed by atoms with E-state index in [4.69, 9.17) is 21.4 Å². The predicted octanol–water partition coefficient (Wildman–Crippen LogP) is 8.14. The van der Waals surface area contributed by atoms with Gasteiger partial charge in [0.1, 0.15) is 11.6 Å². The highest BCUT2D eigenvalue weighted by Crippen LogP contribution is 2.30. The maximum atomic E-state index is 13.6. The monoisotopic (exact) mass is 518 g/mol. The molecular weight excluding hydrogens is 495 g/mol. The van der Waals surface area contributed by atoms with Gasteiger partial charge in [0.2, 0.25) is 0 Å². The van der Waals surface area contributed by atoms with Crippen LogP contribution < -0.4 is 4.74 Å². The molecule has 0 atom stereocenters. The molecule has 0 radical (unpaired) electrons. The minimum absolute atomic E-state index is 0.274. The molecule has 0 amide bonds. The lowest BCUT2D eigenvalue weighted by molar-refractivity contribution is -0.139. The molecule has 4 rings (SSSR count). The second-order valence-electron chi connectivity index (χ2n) is 8.13. The van der Waals surface area contributed by atoms with Crippen molar-refractivity contribution in [3.05, 3.63) is 125 Å². The lowest BCUT2D eigenvalue weighted by Crippen LogP contribution is -2.09. The summed E-state index contributed by atoms with van der Waals surface area (Å²) in [4.78, 5) is 11.8. The molecular formula is C30H24ClFO3S. The van der Waals surface area contributed by atoms with Crippen LogP contribution in [0.2, 0.25) is 5.02 Å². The Labute approximate surface area is 219 Å². The van der Waals surface area contributed by atoms with Gasteiger partial charge in [0.15, 0.2) is 6.61 Å². The minimum Gasteiger partial charge on any atom is -0.482 e. The van der Waals surface area contributed by atoms with E-state index >= 15 is 0 Å². The maximum absolute atomic E-state index is 13.6. The quantitative estimate of drug-likeness (QED) is 0.227. The Morgan fingerprint density at radius 3 is 2.28 bits per heavy atom. The van der Waals surface area contributed by atoms with Gasteiger partial charge in [0.25, 0.3) is 0 Å². The molecule has 0 aromatic heterocycles. The van der Waals surface area contributed by atoms with Gasteiger partial charge in [-0.1, -0.05) is 66.2 Å². The van der Waals surface area contributed by atoms with Crippen LogP contribution in [-0.4, -0.2) is 23.4 Å². The Morgan fingerprint density at radius 2 is 1.64 bits per heavy atom. The van der Waals surface area contributed by atoms with Crippen molar-refractivity contribution in [1.82, 2.24) is 0 Å². The molecule has 0 unspecified atom stereocenters. The number of hydrogen-bond acceptors (Lipinski definition) is 3. The molecule has 0 aliphatic heterocycles. The van der Waals surface area contributed by atoms with Crippen molar-refractivity contribution in [2.45, 2.75) is 11.8 Å². The van der Waals surface area contributed by atoms with Crippen LogP contribution in [0.5, 0.6) is 5.75 Å². The number of rotatable bonds is 9. The predicted molar refractivity (Wildman–Crippen MR) is 145 cm³/mol. The Bertz CT molecular complexity index is 1380. The average Bonchev–Trinajstić information content (AvgIpc) is 2.87. The molecule has 3 nitrogen and oxygen atoms in total. The van der Waals surface area contributed by atoms with Gasteiger partial charge in [-0.25, -0.2) is 9.18 Å². The van der Waals surface area contributed by atoms with E-state index in [0.717, 1.165) is 38.3 Å². The van der Waals surface area contributed by atoms with Crippen LogP contribution in [0, 0.1) is 12.7 Å². The maximum Gasteiger partial charge on any atom is 0.341 e. The topological polar surface area (TPSA) is 46.5 Å². The molecule has 0 bridgehead atoms. The normalized spacial score (nSPS) is 11.4. The Kier molecular flexibility index (Phi) is 8.47. The summed E-state index contributed by atoms with van der Waals surface area (Å²) in [5.74, 6) is -0.0298. The van der Waals surface area contributed by atoms with Crippen LogP contribution in [0.4, 0.5) is 4.39 Å². The zero-order valence-corrected chi connectivity index (χ0v) is 21.2. The Balaban J connectivity index is 1.55. The molecule has 0 aliphatic rings. The number of carbonyl (C=O) groups is 1. The first kappa shape index (κ1) is 25.5. The smallest absolute Gasteiger partial charge is 0.341 e. The van der Waals surface area contributed by atoms with Gasteiger partial charge >= 0.3 is 5.97 Å². The molecule has 0 fully saturated rings. The van der Waals surface area contributed by atoms with Crippen molar-refractivity contribution in [2.24, 2.45) is 0 Å². The van der Waals surface area contributed by atoms with E-state index in [1.807, 2.05) is 43.3 Å². The van der Waals surface area contributed by atoms with Crippen molar-refractivity contribution in [1.29, 1.82) is 0 Å². The first-order valence-corrected chi connectivity index (χ1v) is 12.7. The number of carboxylic acids is 1. The van der Waals surface area contributed by atoms with Crippen molar-refractivity contribution < 1.29 is 19.0 Å². The SMILES string of the molecule is Cc1cc(SCC=C(c2ccc(F)cc2)c2ccc(-c3cccc(Cl)c3)cc2)ccc1OCC(=O)O. The molecule has 0 spiro atoms. The molecule has 0 aliphatic carbocycles. The molecule has 4 aromatic rings. The number of aliphatic carboxylic acids is 1. The molecule has 1 N–H and O–H groups in total. The highest BCUT2D eigenvalue weighted by Gasteiger charge is 2.08. The molecule has 0 heterocycles. The Hall–Kier alpha value is -3.54. The summed E-state index contributed by atoms with van der Waals surface area (Å²) in [6.45, 7) is 1.52. The molecule has 0 saturated carbocycles. The zero-order chi connectivity index (χ0) is 25.5. The fourth-order valence-electron chi connectivity index (χ4n) is 3.78. The number of thioether (sulfide) groups is 1. The summed E-state index contributed by atoms with van der Waals surface area (Å²) < 4.78 is 18.9. The number of halogens is 2. The summed E-state index contributed by atoms with van der Waals surface area (Å²) >= 11 is 7.80. The van der Waals surface area contributed by atoms with Crippen LogP contribution >= 0.6 is 23.4 Å². The summed E-state index contributed by atoms with van der Waals surface area (Å²) in [5.41, 5.74) is 5.96. The van der Waals surface area contributed by atoms with E-state index in [-0.39, 0.29) is 12.4 Å². The number of benzene rings is 4. The Morgan fingerprint density at radius 1 is 0.944 bits per heavy atom. The summed E-state index contributed by atoms with van der Waals surface area (Å²) in [7, 11) is 0.